The van der Waals surface area contributed by atoms with Crippen molar-refractivity contribution in [3.05, 3.63) is 38.8 Å². The lowest BCUT2D eigenvalue weighted by molar-refractivity contribution is 0.657. The van der Waals surface area contributed by atoms with Crippen LogP contribution in [-0.2, 0) is 0 Å². The fourth-order valence-electron chi connectivity index (χ4n) is 1.65. The van der Waals surface area contributed by atoms with Gasteiger partial charge in [-0.1, -0.05) is 50.1 Å². The highest BCUT2D eigenvalue weighted by Gasteiger charge is 2.04. The molecule has 0 spiro atoms. The van der Waals surface area contributed by atoms with E-state index in [1.807, 2.05) is 12.1 Å². The standard InChI is InChI=1S/C15H21BrClN/c1-4-7-18-10-13(11(2)3)8-12-5-6-14(16)15(17)9-12/h5-6,8-9,11,18H,4,7,10H2,1-3H3/b13-8-. The molecule has 0 amide bonds. The van der Waals surface area contributed by atoms with E-state index in [9.17, 15) is 0 Å². The summed E-state index contributed by atoms with van der Waals surface area (Å²) in [5.41, 5.74) is 2.56. The Hall–Kier alpha value is -0.310. The van der Waals surface area contributed by atoms with Crippen molar-refractivity contribution in [2.24, 2.45) is 5.92 Å². The topological polar surface area (TPSA) is 12.0 Å². The second kappa shape index (κ2) is 7.98. The van der Waals surface area contributed by atoms with Crippen molar-refractivity contribution >= 4 is 33.6 Å². The quantitative estimate of drug-likeness (QED) is 0.712. The van der Waals surface area contributed by atoms with E-state index in [2.05, 4.69) is 54.2 Å². The zero-order valence-electron chi connectivity index (χ0n) is 11.3. The van der Waals surface area contributed by atoms with Crippen molar-refractivity contribution in [2.75, 3.05) is 13.1 Å². The number of hydrogen-bond donors (Lipinski definition) is 1. The van der Waals surface area contributed by atoms with Crippen molar-refractivity contribution in [3.8, 4) is 0 Å². The molecular formula is C15H21BrClN. The molecule has 0 saturated carbocycles. The Morgan fingerprint density at radius 1 is 1.44 bits per heavy atom. The SMILES string of the molecule is CCCNC/C(=C/c1ccc(Br)c(Cl)c1)C(C)C. The third-order valence-corrected chi connectivity index (χ3v) is 4.03. The molecule has 0 unspecified atom stereocenters. The third-order valence-electron chi connectivity index (χ3n) is 2.79. The van der Waals surface area contributed by atoms with Crippen molar-refractivity contribution in [3.63, 3.8) is 0 Å². The molecule has 0 aromatic heterocycles. The summed E-state index contributed by atoms with van der Waals surface area (Å²) in [6.07, 6.45) is 3.39. The van der Waals surface area contributed by atoms with Crippen LogP contribution in [0.3, 0.4) is 0 Å². The summed E-state index contributed by atoms with van der Waals surface area (Å²) >= 11 is 9.52. The molecule has 3 heteroatoms. The van der Waals surface area contributed by atoms with Gasteiger partial charge in [0.05, 0.1) is 5.02 Å². The number of halogens is 2. The lowest BCUT2D eigenvalue weighted by Gasteiger charge is -2.13. The normalized spacial score (nSPS) is 12.2. The van der Waals surface area contributed by atoms with Crippen LogP contribution in [-0.4, -0.2) is 13.1 Å². The maximum Gasteiger partial charge on any atom is 0.0554 e. The maximum absolute atomic E-state index is 6.11. The molecule has 0 saturated heterocycles. The molecule has 0 aliphatic heterocycles. The molecule has 0 heterocycles. The van der Waals surface area contributed by atoms with E-state index in [1.54, 1.807) is 0 Å². The molecule has 1 nitrogen and oxygen atoms in total. The average molecular weight is 331 g/mol. The summed E-state index contributed by atoms with van der Waals surface area (Å²) in [7, 11) is 0. The van der Waals surface area contributed by atoms with Gasteiger partial charge in [0, 0.05) is 11.0 Å². The Balaban J connectivity index is 2.83. The van der Waals surface area contributed by atoms with Gasteiger partial charge in [-0.05, 0) is 52.5 Å². The second-order valence-corrected chi connectivity index (χ2v) is 5.99. The number of rotatable bonds is 6. The van der Waals surface area contributed by atoms with E-state index in [-0.39, 0.29) is 0 Å². The van der Waals surface area contributed by atoms with Gasteiger partial charge in [0.1, 0.15) is 0 Å². The van der Waals surface area contributed by atoms with E-state index in [4.69, 9.17) is 11.6 Å². The minimum Gasteiger partial charge on any atom is -0.313 e. The van der Waals surface area contributed by atoms with E-state index in [0.717, 1.165) is 34.6 Å². The van der Waals surface area contributed by atoms with Gasteiger partial charge in [-0.2, -0.15) is 0 Å². The maximum atomic E-state index is 6.11. The van der Waals surface area contributed by atoms with Gasteiger partial charge in [0.25, 0.3) is 0 Å². The molecule has 0 radical (unpaired) electrons. The first kappa shape index (κ1) is 15.7. The van der Waals surface area contributed by atoms with Crippen LogP contribution in [0, 0.1) is 5.92 Å². The van der Waals surface area contributed by atoms with Crippen LogP contribution in [0.5, 0.6) is 0 Å². The summed E-state index contributed by atoms with van der Waals surface area (Å²) in [6.45, 7) is 8.63. The molecule has 0 bridgehead atoms. The van der Waals surface area contributed by atoms with Gasteiger partial charge in [-0.25, -0.2) is 0 Å². The summed E-state index contributed by atoms with van der Waals surface area (Å²) in [5.74, 6) is 0.539. The Labute approximate surface area is 124 Å². The molecule has 0 aliphatic carbocycles. The zero-order valence-corrected chi connectivity index (χ0v) is 13.6. The molecule has 18 heavy (non-hydrogen) atoms. The fraction of sp³-hybridized carbons (Fsp3) is 0.467. The van der Waals surface area contributed by atoms with E-state index < -0.39 is 0 Å². The second-order valence-electron chi connectivity index (χ2n) is 4.72. The van der Waals surface area contributed by atoms with Crippen molar-refractivity contribution in [2.45, 2.75) is 27.2 Å². The predicted molar refractivity (Wildman–Crippen MR) is 85.1 cm³/mol. The van der Waals surface area contributed by atoms with Crippen LogP contribution in [0.25, 0.3) is 6.08 Å². The van der Waals surface area contributed by atoms with Crippen LogP contribution >= 0.6 is 27.5 Å². The van der Waals surface area contributed by atoms with Gasteiger partial charge in [-0.3, -0.25) is 0 Å². The Bertz CT molecular complexity index is 413. The van der Waals surface area contributed by atoms with Crippen LogP contribution in [0.4, 0.5) is 0 Å². The highest BCUT2D eigenvalue weighted by atomic mass is 79.9. The Kier molecular flexibility index (Phi) is 6.98. The molecule has 1 aromatic rings. The first-order valence-corrected chi connectivity index (χ1v) is 7.58. The highest BCUT2D eigenvalue weighted by molar-refractivity contribution is 9.10. The predicted octanol–water partition coefficient (Wildman–Crippen LogP) is 5.14. The van der Waals surface area contributed by atoms with E-state index in [0.29, 0.717) is 5.92 Å². The number of hydrogen-bond acceptors (Lipinski definition) is 1. The fourth-order valence-corrected chi connectivity index (χ4v) is 2.08. The molecule has 1 aromatic carbocycles. The van der Waals surface area contributed by atoms with E-state index >= 15 is 0 Å². The van der Waals surface area contributed by atoms with Gasteiger partial charge in [0.2, 0.25) is 0 Å². The monoisotopic (exact) mass is 329 g/mol. The zero-order chi connectivity index (χ0) is 13.5. The molecule has 0 aliphatic rings. The average Bonchev–Trinajstić information content (AvgIpc) is 2.32. The molecule has 0 atom stereocenters. The summed E-state index contributed by atoms with van der Waals surface area (Å²) in [4.78, 5) is 0. The summed E-state index contributed by atoms with van der Waals surface area (Å²) in [6, 6.07) is 6.07. The first-order chi connectivity index (χ1) is 8.54. The van der Waals surface area contributed by atoms with E-state index in [1.165, 1.54) is 5.57 Å². The van der Waals surface area contributed by atoms with Gasteiger partial charge >= 0.3 is 0 Å². The van der Waals surface area contributed by atoms with Crippen molar-refractivity contribution in [1.82, 2.24) is 5.32 Å². The Morgan fingerprint density at radius 3 is 2.72 bits per heavy atom. The van der Waals surface area contributed by atoms with Crippen LogP contribution in [0.2, 0.25) is 5.02 Å². The minimum absolute atomic E-state index is 0.539. The summed E-state index contributed by atoms with van der Waals surface area (Å²) in [5, 5.41) is 4.21. The summed E-state index contributed by atoms with van der Waals surface area (Å²) < 4.78 is 0.941. The molecular weight excluding hydrogens is 310 g/mol. The first-order valence-electron chi connectivity index (χ1n) is 6.40. The molecule has 1 rings (SSSR count). The van der Waals surface area contributed by atoms with Gasteiger partial charge < -0.3 is 5.32 Å². The molecule has 100 valence electrons. The smallest absolute Gasteiger partial charge is 0.0554 e. The van der Waals surface area contributed by atoms with Crippen molar-refractivity contribution in [1.29, 1.82) is 0 Å². The number of nitrogens with one attached hydrogen (secondary N) is 1. The van der Waals surface area contributed by atoms with Crippen LogP contribution < -0.4 is 5.32 Å². The number of benzene rings is 1. The molecule has 1 N–H and O–H groups in total. The highest BCUT2D eigenvalue weighted by Crippen LogP contribution is 2.25. The van der Waals surface area contributed by atoms with Gasteiger partial charge in [-0.15, -0.1) is 0 Å². The lowest BCUT2D eigenvalue weighted by Crippen LogP contribution is -2.19. The third kappa shape index (κ3) is 5.13. The largest absolute Gasteiger partial charge is 0.313 e. The van der Waals surface area contributed by atoms with Gasteiger partial charge in [0.15, 0.2) is 0 Å². The molecule has 0 fully saturated rings. The van der Waals surface area contributed by atoms with Crippen LogP contribution in [0.15, 0.2) is 28.2 Å². The lowest BCUT2D eigenvalue weighted by atomic mass is 10.00. The van der Waals surface area contributed by atoms with Crippen molar-refractivity contribution < 1.29 is 0 Å². The Morgan fingerprint density at radius 2 is 2.17 bits per heavy atom. The minimum atomic E-state index is 0.539. The van der Waals surface area contributed by atoms with Crippen LogP contribution in [0.1, 0.15) is 32.8 Å².